The Balaban J connectivity index is 2.02. The molecule has 1 aromatic rings. The van der Waals surface area contributed by atoms with Gasteiger partial charge in [-0.25, -0.2) is 0 Å². The van der Waals surface area contributed by atoms with Crippen molar-refractivity contribution in [3.63, 3.8) is 0 Å². The van der Waals surface area contributed by atoms with Gasteiger partial charge in [0, 0.05) is 12.6 Å². The van der Waals surface area contributed by atoms with Crippen molar-refractivity contribution >= 4 is 0 Å². The maximum absolute atomic E-state index is 5.81. The van der Waals surface area contributed by atoms with E-state index in [1.165, 1.54) is 32.5 Å². The van der Waals surface area contributed by atoms with Crippen molar-refractivity contribution in [1.82, 2.24) is 10.2 Å². The van der Waals surface area contributed by atoms with Crippen LogP contribution in [0.15, 0.2) is 16.5 Å². The van der Waals surface area contributed by atoms with E-state index in [2.05, 4.69) is 43.1 Å². The Kier molecular flexibility index (Phi) is 5.06. The Bertz CT molecular complexity index is 380. The third-order valence-electron chi connectivity index (χ3n) is 4.26. The number of hydrogen-bond acceptors (Lipinski definition) is 3. The maximum atomic E-state index is 5.81. The highest BCUT2D eigenvalue weighted by atomic mass is 16.3. The van der Waals surface area contributed by atoms with Crippen molar-refractivity contribution in [2.24, 2.45) is 5.92 Å². The summed E-state index contributed by atoms with van der Waals surface area (Å²) < 4.78 is 5.81. The second-order valence-corrected chi connectivity index (χ2v) is 6.11. The lowest BCUT2D eigenvalue weighted by Gasteiger charge is -2.36. The number of furan rings is 1. The molecule has 1 unspecified atom stereocenters. The Morgan fingerprint density at radius 2 is 1.95 bits per heavy atom. The van der Waals surface area contributed by atoms with Crippen LogP contribution in [0.2, 0.25) is 0 Å². The molecule has 1 N–H and O–H groups in total. The third kappa shape index (κ3) is 3.83. The van der Waals surface area contributed by atoms with Gasteiger partial charge in [0.2, 0.25) is 0 Å². The summed E-state index contributed by atoms with van der Waals surface area (Å²) in [7, 11) is 0. The smallest absolute Gasteiger partial charge is 0.121 e. The molecule has 0 bridgehead atoms. The fourth-order valence-corrected chi connectivity index (χ4v) is 3.02. The quantitative estimate of drug-likeness (QED) is 0.884. The Hall–Kier alpha value is -0.800. The van der Waals surface area contributed by atoms with Gasteiger partial charge in [0.1, 0.15) is 11.5 Å². The third-order valence-corrected chi connectivity index (χ3v) is 4.26. The van der Waals surface area contributed by atoms with Crippen molar-refractivity contribution in [2.45, 2.75) is 52.6 Å². The maximum Gasteiger partial charge on any atom is 0.121 e. The van der Waals surface area contributed by atoms with Crippen molar-refractivity contribution in [3.05, 3.63) is 23.7 Å². The second kappa shape index (κ2) is 6.58. The standard InChI is InChI=1S/C16H28N2O/c1-12(2)18(11-15-7-9-17-10-8-15)14(4)16-6-5-13(3)19-16/h5-6,12,14-15,17H,7-11H2,1-4H3. The largest absolute Gasteiger partial charge is 0.465 e. The van der Waals surface area contributed by atoms with Crippen molar-refractivity contribution in [1.29, 1.82) is 0 Å². The molecule has 19 heavy (non-hydrogen) atoms. The van der Waals surface area contributed by atoms with Gasteiger partial charge < -0.3 is 9.73 Å². The Labute approximate surface area is 117 Å². The van der Waals surface area contributed by atoms with Gasteiger partial charge in [0.05, 0.1) is 6.04 Å². The molecule has 1 aliphatic heterocycles. The highest BCUT2D eigenvalue weighted by molar-refractivity contribution is 5.09. The summed E-state index contributed by atoms with van der Waals surface area (Å²) >= 11 is 0. The van der Waals surface area contributed by atoms with Gasteiger partial charge in [-0.3, -0.25) is 4.90 Å². The first-order valence-corrected chi connectivity index (χ1v) is 7.60. The Morgan fingerprint density at radius 3 is 2.47 bits per heavy atom. The van der Waals surface area contributed by atoms with Gasteiger partial charge in [-0.1, -0.05) is 0 Å². The van der Waals surface area contributed by atoms with Gasteiger partial charge in [0.25, 0.3) is 0 Å². The lowest BCUT2D eigenvalue weighted by molar-refractivity contribution is 0.111. The van der Waals surface area contributed by atoms with E-state index in [1.54, 1.807) is 0 Å². The van der Waals surface area contributed by atoms with Crippen LogP contribution in [0.1, 0.15) is 51.2 Å². The van der Waals surface area contributed by atoms with Crippen LogP contribution in [0, 0.1) is 12.8 Å². The van der Waals surface area contributed by atoms with Crippen LogP contribution in [0.3, 0.4) is 0 Å². The minimum atomic E-state index is 0.364. The van der Waals surface area contributed by atoms with E-state index in [-0.39, 0.29) is 0 Å². The summed E-state index contributed by atoms with van der Waals surface area (Å²) in [5.41, 5.74) is 0. The van der Waals surface area contributed by atoms with E-state index in [0.29, 0.717) is 12.1 Å². The van der Waals surface area contributed by atoms with E-state index < -0.39 is 0 Å². The van der Waals surface area contributed by atoms with E-state index in [1.807, 2.05) is 6.92 Å². The molecular formula is C16H28N2O. The molecule has 0 amide bonds. The van der Waals surface area contributed by atoms with Crippen LogP contribution in [0.25, 0.3) is 0 Å². The molecule has 0 saturated carbocycles. The molecule has 2 rings (SSSR count). The summed E-state index contributed by atoms with van der Waals surface area (Å²) in [6.45, 7) is 12.4. The van der Waals surface area contributed by atoms with Crippen molar-refractivity contribution in [3.8, 4) is 0 Å². The lowest BCUT2D eigenvalue weighted by atomic mass is 9.96. The number of hydrogen-bond donors (Lipinski definition) is 1. The van der Waals surface area contributed by atoms with E-state index in [4.69, 9.17) is 4.42 Å². The molecule has 1 aliphatic rings. The van der Waals surface area contributed by atoms with Crippen LogP contribution in [0.5, 0.6) is 0 Å². The fourth-order valence-electron chi connectivity index (χ4n) is 3.02. The summed E-state index contributed by atoms with van der Waals surface area (Å²) in [6.07, 6.45) is 2.60. The second-order valence-electron chi connectivity index (χ2n) is 6.11. The molecule has 1 atom stereocenters. The molecule has 1 saturated heterocycles. The molecule has 2 heterocycles. The summed E-state index contributed by atoms with van der Waals surface area (Å²) in [6, 6.07) is 5.10. The first kappa shape index (κ1) is 14.6. The minimum Gasteiger partial charge on any atom is -0.465 e. The van der Waals surface area contributed by atoms with Crippen molar-refractivity contribution in [2.75, 3.05) is 19.6 Å². The van der Waals surface area contributed by atoms with Gasteiger partial charge in [-0.2, -0.15) is 0 Å². The number of nitrogens with one attached hydrogen (secondary N) is 1. The molecule has 0 spiro atoms. The first-order valence-electron chi connectivity index (χ1n) is 7.60. The normalized spacial score (nSPS) is 19.3. The lowest BCUT2D eigenvalue weighted by Crippen LogP contribution is -2.40. The van der Waals surface area contributed by atoms with E-state index in [0.717, 1.165) is 17.4 Å². The summed E-state index contributed by atoms with van der Waals surface area (Å²) in [4.78, 5) is 2.58. The molecule has 0 radical (unpaired) electrons. The number of piperidine rings is 1. The average Bonchev–Trinajstić information content (AvgIpc) is 2.83. The van der Waals surface area contributed by atoms with Gasteiger partial charge in [0.15, 0.2) is 0 Å². The molecule has 1 aromatic heterocycles. The molecule has 3 heteroatoms. The zero-order valence-corrected chi connectivity index (χ0v) is 12.8. The zero-order valence-electron chi connectivity index (χ0n) is 12.8. The topological polar surface area (TPSA) is 28.4 Å². The Morgan fingerprint density at radius 1 is 1.26 bits per heavy atom. The van der Waals surface area contributed by atoms with Crippen LogP contribution in [-0.4, -0.2) is 30.6 Å². The highest BCUT2D eigenvalue weighted by Crippen LogP contribution is 2.27. The predicted molar refractivity (Wildman–Crippen MR) is 79.3 cm³/mol. The molecule has 1 fully saturated rings. The first-order chi connectivity index (χ1) is 9.08. The number of rotatable bonds is 5. The van der Waals surface area contributed by atoms with Crippen LogP contribution in [0.4, 0.5) is 0 Å². The molecule has 108 valence electrons. The number of nitrogens with zero attached hydrogens (tertiary/aromatic N) is 1. The molecule has 0 aromatic carbocycles. The van der Waals surface area contributed by atoms with Crippen LogP contribution in [-0.2, 0) is 0 Å². The van der Waals surface area contributed by atoms with Gasteiger partial charge >= 0.3 is 0 Å². The van der Waals surface area contributed by atoms with Crippen LogP contribution >= 0.6 is 0 Å². The van der Waals surface area contributed by atoms with E-state index in [9.17, 15) is 0 Å². The van der Waals surface area contributed by atoms with Gasteiger partial charge in [-0.05, 0) is 71.7 Å². The zero-order chi connectivity index (χ0) is 13.8. The minimum absolute atomic E-state index is 0.364. The van der Waals surface area contributed by atoms with E-state index >= 15 is 0 Å². The molecular weight excluding hydrogens is 236 g/mol. The van der Waals surface area contributed by atoms with Crippen LogP contribution < -0.4 is 5.32 Å². The summed E-state index contributed by atoms with van der Waals surface area (Å²) in [5.74, 6) is 2.93. The number of aryl methyl sites for hydroxylation is 1. The average molecular weight is 264 g/mol. The molecule has 3 nitrogen and oxygen atoms in total. The van der Waals surface area contributed by atoms with Crippen molar-refractivity contribution < 1.29 is 4.42 Å². The molecule has 0 aliphatic carbocycles. The SMILES string of the molecule is Cc1ccc(C(C)N(CC2CCNCC2)C(C)C)o1. The predicted octanol–water partition coefficient (Wildman–Crippen LogP) is 3.36. The van der Waals surface area contributed by atoms with Gasteiger partial charge in [-0.15, -0.1) is 0 Å². The summed E-state index contributed by atoms with van der Waals surface area (Å²) in [5, 5.41) is 3.44. The highest BCUT2D eigenvalue weighted by Gasteiger charge is 2.25. The monoisotopic (exact) mass is 264 g/mol. The fraction of sp³-hybridized carbons (Fsp3) is 0.750.